The molecule has 0 aromatic heterocycles. The topological polar surface area (TPSA) is 136 Å². The van der Waals surface area contributed by atoms with Gasteiger partial charge >= 0.3 is 0 Å². The van der Waals surface area contributed by atoms with Crippen molar-refractivity contribution in [2.45, 2.75) is 44.8 Å². The molecule has 1 saturated heterocycles. The number of nitrogens with one attached hydrogen (secondary N) is 3. The lowest BCUT2D eigenvalue weighted by Crippen LogP contribution is -2.49. The Morgan fingerprint density at radius 2 is 1.82 bits per heavy atom. The fraction of sp³-hybridized carbons (Fsp3) is 0.424. The van der Waals surface area contributed by atoms with Gasteiger partial charge in [-0.1, -0.05) is 42.5 Å². The Kier molecular flexibility index (Phi) is 12.2. The van der Waals surface area contributed by atoms with Crippen molar-refractivity contribution in [3.05, 3.63) is 83.4 Å². The molecule has 2 atom stereocenters. The molecule has 11 heteroatoms. The van der Waals surface area contributed by atoms with Gasteiger partial charge in [-0.25, -0.2) is 0 Å². The van der Waals surface area contributed by atoms with Gasteiger partial charge in [-0.3, -0.25) is 18.2 Å². The number of nitrogens with zero attached hydrogens (tertiary/aromatic N) is 1. The van der Waals surface area contributed by atoms with E-state index in [2.05, 4.69) is 16.0 Å². The summed E-state index contributed by atoms with van der Waals surface area (Å²) in [5.41, 5.74) is 3.66. The van der Waals surface area contributed by atoms with E-state index in [-0.39, 0.29) is 12.5 Å². The molecule has 1 fully saturated rings. The number of ether oxygens (including phenoxy) is 2. The summed E-state index contributed by atoms with van der Waals surface area (Å²) in [6.07, 6.45) is 1.81. The van der Waals surface area contributed by atoms with Crippen molar-refractivity contribution in [3.63, 3.8) is 0 Å². The van der Waals surface area contributed by atoms with Crippen LogP contribution in [0.25, 0.3) is 0 Å². The van der Waals surface area contributed by atoms with Crippen LogP contribution in [0.5, 0.6) is 11.5 Å². The maximum atomic E-state index is 13.7. The smallest absolute Gasteiger partial charge is 0.251 e. The van der Waals surface area contributed by atoms with Gasteiger partial charge in [-0.15, -0.1) is 10.8 Å². The minimum atomic E-state index is -2.96. The number of hydrogen-bond donors (Lipinski definition) is 6. The largest absolute Gasteiger partial charge is 0.493 e. The van der Waals surface area contributed by atoms with E-state index in [0.717, 1.165) is 24.0 Å². The van der Waals surface area contributed by atoms with Crippen molar-refractivity contribution in [1.82, 2.24) is 10.6 Å². The predicted octanol–water partition coefficient (Wildman–Crippen LogP) is 4.94. The molecule has 3 aromatic rings. The lowest BCUT2D eigenvalue weighted by molar-refractivity contribution is 0.0831. The highest BCUT2D eigenvalue weighted by molar-refractivity contribution is 8.25. The SMILES string of the molecule is CCNc1cc(C(=O)N[C@@H](Cc2ccccc2)[C@@H](O)CNCCc2cccc(OC)c2OC)cc(N2CCCCS2(O)O)c1. The second-order valence-electron chi connectivity index (χ2n) is 10.9. The number of para-hydroxylation sites is 1. The first-order chi connectivity index (χ1) is 21.2. The van der Waals surface area contributed by atoms with Gasteiger partial charge < -0.3 is 30.5 Å². The highest BCUT2D eigenvalue weighted by Gasteiger charge is 2.28. The van der Waals surface area contributed by atoms with Crippen LogP contribution in [-0.2, 0) is 12.8 Å². The summed E-state index contributed by atoms with van der Waals surface area (Å²) in [7, 11) is 0.264. The standard InChI is InChI=1S/C33H46N4O6S/c1-4-35-27-20-26(21-28(22-27)37-17-8-9-18-44(37,40)41)33(39)36-29(19-24-11-6-5-7-12-24)30(38)23-34-16-15-25-13-10-14-31(42-2)32(25)43-3/h5-7,10-14,20-22,29-30,34-35,38,40-41H,4,8-9,15-19,23H2,1-3H3,(H,36,39)/t29-,30-/m0/s1. The molecule has 0 bridgehead atoms. The number of rotatable bonds is 15. The van der Waals surface area contributed by atoms with E-state index in [0.29, 0.717) is 66.7 Å². The van der Waals surface area contributed by atoms with E-state index in [1.54, 1.807) is 30.7 Å². The third kappa shape index (κ3) is 8.80. The summed E-state index contributed by atoms with van der Waals surface area (Å²) in [5.74, 6) is 1.32. The number of methoxy groups -OCH3 is 2. The first-order valence-electron chi connectivity index (χ1n) is 15.1. The van der Waals surface area contributed by atoms with Gasteiger partial charge in [-0.2, -0.15) is 0 Å². The lowest BCUT2D eigenvalue weighted by Gasteiger charge is -2.47. The Morgan fingerprint density at radius 3 is 2.52 bits per heavy atom. The molecule has 240 valence electrons. The average molecular weight is 627 g/mol. The first-order valence-corrected chi connectivity index (χ1v) is 16.8. The zero-order valence-electron chi connectivity index (χ0n) is 25.8. The minimum Gasteiger partial charge on any atom is -0.493 e. The number of aliphatic hydroxyl groups excluding tert-OH is 1. The molecule has 6 N–H and O–H groups in total. The zero-order valence-corrected chi connectivity index (χ0v) is 26.6. The molecule has 4 rings (SSSR count). The van der Waals surface area contributed by atoms with Crippen LogP contribution in [0.2, 0.25) is 0 Å². The van der Waals surface area contributed by atoms with Gasteiger partial charge in [-0.05, 0) is 74.5 Å². The van der Waals surface area contributed by atoms with Gasteiger partial charge in [0.1, 0.15) is 0 Å². The molecule has 0 unspecified atom stereocenters. The number of aliphatic hydroxyl groups is 1. The fourth-order valence-electron chi connectivity index (χ4n) is 5.47. The van der Waals surface area contributed by atoms with Gasteiger partial charge in [0.2, 0.25) is 0 Å². The number of carbonyl (C=O) groups excluding carboxylic acids is 1. The van der Waals surface area contributed by atoms with Crippen molar-refractivity contribution >= 4 is 28.1 Å². The maximum absolute atomic E-state index is 13.7. The molecule has 1 aliphatic heterocycles. The second kappa shape index (κ2) is 16.0. The van der Waals surface area contributed by atoms with E-state index in [4.69, 9.17) is 9.47 Å². The second-order valence-corrected chi connectivity index (χ2v) is 13.0. The van der Waals surface area contributed by atoms with Crippen LogP contribution in [0.15, 0.2) is 66.7 Å². The quantitative estimate of drug-likeness (QED) is 0.130. The van der Waals surface area contributed by atoms with Crippen molar-refractivity contribution in [1.29, 1.82) is 0 Å². The minimum absolute atomic E-state index is 0.265. The third-order valence-corrected chi connectivity index (χ3v) is 9.66. The molecule has 44 heavy (non-hydrogen) atoms. The Hall–Kier alpha value is -3.48. The van der Waals surface area contributed by atoms with E-state index in [9.17, 15) is 19.0 Å². The Balaban J connectivity index is 1.49. The first kappa shape index (κ1) is 33.4. The normalized spacial score (nSPS) is 16.5. The van der Waals surface area contributed by atoms with E-state index < -0.39 is 22.9 Å². The molecule has 1 aliphatic rings. The van der Waals surface area contributed by atoms with Gasteiger partial charge in [0.15, 0.2) is 11.5 Å². The van der Waals surface area contributed by atoms with Gasteiger partial charge in [0, 0.05) is 30.9 Å². The Bertz CT molecular complexity index is 1360. The highest BCUT2D eigenvalue weighted by atomic mass is 32.3. The van der Waals surface area contributed by atoms with E-state index >= 15 is 0 Å². The summed E-state index contributed by atoms with van der Waals surface area (Å²) in [6, 6.07) is 20.2. The fourth-order valence-corrected chi connectivity index (χ4v) is 7.14. The van der Waals surface area contributed by atoms with Crippen molar-refractivity contribution in [2.24, 2.45) is 0 Å². The Labute approximate surface area is 262 Å². The molecular weight excluding hydrogens is 580 g/mol. The van der Waals surface area contributed by atoms with Crippen LogP contribution in [0.1, 0.15) is 41.3 Å². The lowest BCUT2D eigenvalue weighted by atomic mass is 10.00. The van der Waals surface area contributed by atoms with Crippen molar-refractivity contribution in [2.75, 3.05) is 55.8 Å². The molecule has 0 radical (unpaired) electrons. The van der Waals surface area contributed by atoms with E-state index in [1.165, 1.54) is 0 Å². The van der Waals surface area contributed by atoms with Gasteiger partial charge in [0.25, 0.3) is 5.91 Å². The number of hydrogen-bond acceptors (Lipinski definition) is 9. The van der Waals surface area contributed by atoms with Crippen LogP contribution >= 0.6 is 10.8 Å². The third-order valence-electron chi connectivity index (χ3n) is 7.72. The maximum Gasteiger partial charge on any atom is 0.251 e. The van der Waals surface area contributed by atoms with Crippen molar-refractivity contribution < 1.29 is 28.5 Å². The number of anilines is 2. The molecule has 0 aliphatic carbocycles. The molecule has 0 spiro atoms. The molecule has 10 nitrogen and oxygen atoms in total. The Morgan fingerprint density at radius 1 is 1.02 bits per heavy atom. The monoisotopic (exact) mass is 626 g/mol. The van der Waals surface area contributed by atoms with Crippen molar-refractivity contribution in [3.8, 4) is 11.5 Å². The number of amides is 1. The predicted molar refractivity (Wildman–Crippen MR) is 178 cm³/mol. The zero-order chi connectivity index (χ0) is 31.5. The molecule has 3 aromatic carbocycles. The summed E-state index contributed by atoms with van der Waals surface area (Å²) in [4.78, 5) is 13.7. The summed E-state index contributed by atoms with van der Waals surface area (Å²) >= 11 is 0. The molecule has 1 amide bonds. The highest BCUT2D eigenvalue weighted by Crippen LogP contribution is 2.50. The number of benzene rings is 3. The molecule has 1 heterocycles. The number of carbonyl (C=O) groups is 1. The summed E-state index contributed by atoms with van der Waals surface area (Å²) in [5, 5.41) is 20.9. The molecular formula is C33H46N4O6S. The van der Waals surface area contributed by atoms with Gasteiger partial charge in [0.05, 0.1) is 37.8 Å². The van der Waals surface area contributed by atoms with Crippen LogP contribution < -0.4 is 29.7 Å². The van der Waals surface area contributed by atoms with Crippen LogP contribution in [-0.4, -0.2) is 78.4 Å². The summed E-state index contributed by atoms with van der Waals surface area (Å²) in [6.45, 7) is 3.96. The van der Waals surface area contributed by atoms with Crippen LogP contribution in [0.3, 0.4) is 0 Å². The van der Waals surface area contributed by atoms with E-state index in [1.807, 2.05) is 61.5 Å². The average Bonchev–Trinajstić information content (AvgIpc) is 3.02. The molecule has 0 saturated carbocycles. The van der Waals surface area contributed by atoms with Crippen LogP contribution in [0, 0.1) is 0 Å². The summed E-state index contributed by atoms with van der Waals surface area (Å²) < 4.78 is 34.0. The van der Waals surface area contributed by atoms with Crippen LogP contribution in [0.4, 0.5) is 11.4 Å².